The molecule has 2 amide bonds. The van der Waals surface area contributed by atoms with Crippen LogP contribution in [0.2, 0.25) is 5.02 Å². The lowest BCUT2D eigenvalue weighted by Gasteiger charge is -2.19. The largest absolute Gasteiger partial charge is 0.618 e. The quantitative estimate of drug-likeness (QED) is 0.186. The molecule has 0 aliphatic heterocycles. The number of aromatic nitrogens is 5. The highest BCUT2D eigenvalue weighted by Gasteiger charge is 2.24. The van der Waals surface area contributed by atoms with Crippen molar-refractivity contribution in [2.75, 3.05) is 11.9 Å². The third kappa shape index (κ3) is 6.70. The molecule has 0 spiro atoms. The summed E-state index contributed by atoms with van der Waals surface area (Å²) in [5.74, 6) is -0.376. The van der Waals surface area contributed by atoms with Gasteiger partial charge in [-0.3, -0.25) is 10.1 Å². The van der Waals surface area contributed by atoms with E-state index < -0.39 is 12.1 Å². The van der Waals surface area contributed by atoms with Crippen molar-refractivity contribution < 1.29 is 19.1 Å². The summed E-state index contributed by atoms with van der Waals surface area (Å²) >= 11 is 6.28. The van der Waals surface area contributed by atoms with Crippen LogP contribution in [0.25, 0.3) is 16.8 Å². The molecule has 12 heteroatoms. The van der Waals surface area contributed by atoms with Crippen molar-refractivity contribution in [3.05, 3.63) is 125 Å². The van der Waals surface area contributed by atoms with Gasteiger partial charge in [0.25, 0.3) is 5.91 Å². The number of tetrazole rings is 1. The van der Waals surface area contributed by atoms with Crippen LogP contribution in [-0.2, 0) is 11.2 Å². The molecule has 0 radical (unpaired) electrons. The topological polar surface area (TPSA) is 138 Å². The number of amides is 2. The van der Waals surface area contributed by atoms with Crippen molar-refractivity contribution in [1.29, 1.82) is 0 Å². The number of pyridine rings is 1. The Hall–Kier alpha value is -5.29. The number of carbonyl (C=O) groups excluding carboxylic acids is 2. The minimum absolute atomic E-state index is 0.245. The maximum absolute atomic E-state index is 13.5. The Labute approximate surface area is 246 Å². The van der Waals surface area contributed by atoms with Gasteiger partial charge in [-0.2, -0.15) is 9.41 Å². The molecule has 0 unspecified atom stereocenters. The first-order valence-corrected chi connectivity index (χ1v) is 13.4. The standard InChI is InChI=1S/C30H26ClN7O4/c1-2-42-30(40)33-24-12-8-21(9-13-24)29(39)34-26(16-20-6-4-3-5-7-20)28-14-10-22(18-38(28)41)25-17-23(31)11-15-27(25)37-19-32-35-36-37/h3-15,17-19,26H,2,16H2,1H3,(H,33,40)(H,34,39)/t26-/m0/s1. The Kier molecular flexibility index (Phi) is 8.69. The number of hydrogen-bond donors (Lipinski definition) is 2. The Morgan fingerprint density at radius 1 is 1.05 bits per heavy atom. The molecule has 3 aromatic carbocycles. The molecule has 2 N–H and O–H groups in total. The molecule has 0 aliphatic rings. The van der Waals surface area contributed by atoms with Crippen molar-refractivity contribution in [1.82, 2.24) is 25.5 Å². The minimum atomic E-state index is -0.651. The highest BCUT2D eigenvalue weighted by molar-refractivity contribution is 6.31. The van der Waals surface area contributed by atoms with Crippen LogP contribution < -0.4 is 15.4 Å². The van der Waals surface area contributed by atoms with Gasteiger partial charge in [0.15, 0.2) is 6.20 Å². The van der Waals surface area contributed by atoms with Crippen molar-refractivity contribution in [3.63, 3.8) is 0 Å². The number of halogens is 1. The fraction of sp³-hybridized carbons (Fsp3) is 0.133. The average molecular weight is 584 g/mol. The van der Waals surface area contributed by atoms with Crippen molar-refractivity contribution in [3.8, 4) is 16.8 Å². The number of nitrogens with one attached hydrogen (secondary N) is 2. The van der Waals surface area contributed by atoms with Crippen LogP contribution >= 0.6 is 11.6 Å². The Morgan fingerprint density at radius 3 is 2.52 bits per heavy atom. The Bertz CT molecular complexity index is 1680. The van der Waals surface area contributed by atoms with E-state index in [2.05, 4.69) is 26.2 Å². The van der Waals surface area contributed by atoms with Crippen molar-refractivity contribution >= 4 is 29.3 Å². The number of ether oxygens (including phenoxy) is 1. The van der Waals surface area contributed by atoms with E-state index in [1.807, 2.05) is 30.3 Å². The first-order valence-electron chi connectivity index (χ1n) is 13.1. The van der Waals surface area contributed by atoms with Crippen LogP contribution in [0, 0.1) is 5.21 Å². The molecule has 42 heavy (non-hydrogen) atoms. The van der Waals surface area contributed by atoms with Gasteiger partial charge in [0.1, 0.15) is 12.4 Å². The van der Waals surface area contributed by atoms with Crippen LogP contribution in [0.15, 0.2) is 97.5 Å². The number of nitrogens with zero attached hydrogens (tertiary/aromatic N) is 5. The first-order chi connectivity index (χ1) is 20.4. The summed E-state index contributed by atoms with van der Waals surface area (Å²) < 4.78 is 7.12. The molecular formula is C30H26ClN7O4. The van der Waals surface area contributed by atoms with E-state index in [4.69, 9.17) is 16.3 Å². The molecule has 11 nitrogen and oxygen atoms in total. The van der Waals surface area contributed by atoms with Crippen molar-refractivity contribution in [2.45, 2.75) is 19.4 Å². The van der Waals surface area contributed by atoms with Crippen LogP contribution in [-0.4, -0.2) is 38.8 Å². The lowest BCUT2D eigenvalue weighted by atomic mass is 10.00. The zero-order chi connectivity index (χ0) is 29.5. The summed E-state index contributed by atoms with van der Waals surface area (Å²) in [6.07, 6.45) is 2.69. The molecule has 5 aromatic rings. The highest BCUT2D eigenvalue weighted by Crippen LogP contribution is 2.29. The van der Waals surface area contributed by atoms with E-state index in [1.54, 1.807) is 61.5 Å². The fourth-order valence-electron chi connectivity index (χ4n) is 4.44. The fourth-order valence-corrected chi connectivity index (χ4v) is 4.62. The Balaban J connectivity index is 1.43. The van der Waals surface area contributed by atoms with Gasteiger partial charge in [0, 0.05) is 39.9 Å². The molecule has 0 aliphatic carbocycles. The van der Waals surface area contributed by atoms with Gasteiger partial charge in [0.2, 0.25) is 5.69 Å². The van der Waals surface area contributed by atoms with E-state index in [-0.39, 0.29) is 12.5 Å². The molecule has 2 aromatic heterocycles. The molecule has 2 heterocycles. The number of carbonyl (C=O) groups is 2. The number of anilines is 1. The summed E-state index contributed by atoms with van der Waals surface area (Å²) in [4.78, 5) is 25.0. The first kappa shape index (κ1) is 28.2. The lowest BCUT2D eigenvalue weighted by Crippen LogP contribution is -2.40. The monoisotopic (exact) mass is 583 g/mol. The average Bonchev–Trinajstić information content (AvgIpc) is 3.53. The van der Waals surface area contributed by atoms with Crippen LogP contribution in [0.1, 0.15) is 34.6 Å². The van der Waals surface area contributed by atoms with Gasteiger partial charge >= 0.3 is 6.09 Å². The van der Waals surface area contributed by atoms with Crippen LogP contribution in [0.4, 0.5) is 10.5 Å². The molecule has 0 bridgehead atoms. The number of benzene rings is 3. The number of hydrogen-bond acceptors (Lipinski definition) is 7. The predicted octanol–water partition coefficient (Wildman–Crippen LogP) is 4.90. The van der Waals surface area contributed by atoms with Crippen LogP contribution in [0.5, 0.6) is 0 Å². The molecule has 0 fully saturated rings. The molecule has 1 atom stereocenters. The molecular weight excluding hydrogens is 558 g/mol. The third-order valence-electron chi connectivity index (χ3n) is 6.42. The second-order valence-corrected chi connectivity index (χ2v) is 9.66. The van der Waals surface area contributed by atoms with E-state index in [9.17, 15) is 14.8 Å². The maximum Gasteiger partial charge on any atom is 0.411 e. The van der Waals surface area contributed by atoms with Crippen LogP contribution in [0.3, 0.4) is 0 Å². The van der Waals surface area contributed by atoms with Gasteiger partial charge in [-0.1, -0.05) is 41.9 Å². The normalized spacial score (nSPS) is 11.5. The lowest BCUT2D eigenvalue weighted by molar-refractivity contribution is -0.615. The molecule has 212 valence electrons. The summed E-state index contributed by atoms with van der Waals surface area (Å²) in [6, 6.07) is 24.0. The highest BCUT2D eigenvalue weighted by atomic mass is 35.5. The second-order valence-electron chi connectivity index (χ2n) is 9.22. The Morgan fingerprint density at radius 2 is 1.83 bits per heavy atom. The van der Waals surface area contributed by atoms with Crippen molar-refractivity contribution in [2.24, 2.45) is 0 Å². The molecule has 0 saturated heterocycles. The van der Waals surface area contributed by atoms with E-state index in [0.29, 0.717) is 45.2 Å². The second kappa shape index (κ2) is 12.9. The summed E-state index contributed by atoms with van der Waals surface area (Å²) in [5.41, 5.74) is 4.04. The number of rotatable bonds is 9. The predicted molar refractivity (Wildman–Crippen MR) is 156 cm³/mol. The zero-order valence-electron chi connectivity index (χ0n) is 22.5. The van der Waals surface area contributed by atoms with E-state index in [0.717, 1.165) is 10.3 Å². The summed E-state index contributed by atoms with van der Waals surface area (Å²) in [6.45, 7) is 1.96. The van der Waals surface area contributed by atoms with E-state index in [1.165, 1.54) is 17.2 Å². The SMILES string of the molecule is CCOC(=O)Nc1ccc(C(=O)N[C@@H](Cc2ccccc2)c2ccc(-c3cc(Cl)ccc3-n3cnnn3)c[n+]2[O-])cc1. The maximum atomic E-state index is 13.5. The smallest absolute Gasteiger partial charge is 0.411 e. The third-order valence-corrected chi connectivity index (χ3v) is 6.66. The van der Waals surface area contributed by atoms with Gasteiger partial charge in [-0.05, 0) is 71.4 Å². The molecule has 0 saturated carbocycles. The van der Waals surface area contributed by atoms with Gasteiger partial charge < -0.3 is 15.3 Å². The molecule has 5 rings (SSSR count). The summed E-state index contributed by atoms with van der Waals surface area (Å²) in [5, 5.41) is 30.9. The summed E-state index contributed by atoms with van der Waals surface area (Å²) in [7, 11) is 0. The van der Waals surface area contributed by atoms with Gasteiger partial charge in [-0.25, -0.2) is 4.79 Å². The van der Waals surface area contributed by atoms with E-state index >= 15 is 0 Å². The minimum Gasteiger partial charge on any atom is -0.618 e. The zero-order valence-corrected chi connectivity index (χ0v) is 23.2. The van der Waals surface area contributed by atoms with Gasteiger partial charge in [0.05, 0.1) is 12.3 Å². The van der Waals surface area contributed by atoms with Gasteiger partial charge in [-0.15, -0.1) is 5.10 Å².